The fourth-order valence-electron chi connectivity index (χ4n) is 4.76. The summed E-state index contributed by atoms with van der Waals surface area (Å²) in [7, 11) is 0. The molecule has 39 heavy (non-hydrogen) atoms. The van der Waals surface area contributed by atoms with Crippen LogP contribution in [0.2, 0.25) is 0 Å². The summed E-state index contributed by atoms with van der Waals surface area (Å²) in [6.07, 6.45) is 5.40. The van der Waals surface area contributed by atoms with Gasteiger partial charge in [0.25, 0.3) is 0 Å². The third kappa shape index (κ3) is 7.63. The number of para-hydroxylation sites is 1. The van der Waals surface area contributed by atoms with E-state index in [1.807, 2.05) is 42.1 Å². The lowest BCUT2D eigenvalue weighted by atomic mass is 9.94. The van der Waals surface area contributed by atoms with Crippen molar-refractivity contribution in [2.24, 2.45) is 0 Å². The normalized spacial score (nSPS) is 21.2. The van der Waals surface area contributed by atoms with Gasteiger partial charge in [0.15, 0.2) is 6.29 Å². The molecule has 0 saturated carbocycles. The van der Waals surface area contributed by atoms with Gasteiger partial charge in [0.1, 0.15) is 12.4 Å². The molecule has 2 aliphatic heterocycles. The minimum atomic E-state index is -0.732. The van der Waals surface area contributed by atoms with E-state index >= 15 is 0 Å². The summed E-state index contributed by atoms with van der Waals surface area (Å²) in [5.41, 5.74) is 4.61. The standard InChI is InChI=1S/C30H33NO6S2/c32-27(31-37-28-10-4-6-18-34-28)20-30(17-5-7-19-38-30)26-16-15-25(39-26)23-13-11-22(12-14-23)21-35-29(33)36-24-8-2-1-3-9-24/h1-3,8-9,11-16,28H,4-7,10,17-21H2,(H,31,32)/t28?,30-/m0/s1. The summed E-state index contributed by atoms with van der Waals surface area (Å²) in [6, 6.07) is 21.1. The summed E-state index contributed by atoms with van der Waals surface area (Å²) in [5, 5.41) is 0. The average molecular weight is 568 g/mol. The van der Waals surface area contributed by atoms with Gasteiger partial charge >= 0.3 is 6.16 Å². The Morgan fingerprint density at radius 1 is 0.974 bits per heavy atom. The zero-order valence-corrected chi connectivity index (χ0v) is 23.4. The molecule has 0 spiro atoms. The molecule has 0 bridgehead atoms. The van der Waals surface area contributed by atoms with Crippen molar-refractivity contribution in [2.75, 3.05) is 12.4 Å². The van der Waals surface area contributed by atoms with Gasteiger partial charge in [-0.1, -0.05) is 48.9 Å². The maximum Gasteiger partial charge on any atom is 0.514 e. The number of benzene rings is 2. The average Bonchev–Trinajstić information content (AvgIpc) is 3.48. The quantitative estimate of drug-likeness (QED) is 0.166. The van der Waals surface area contributed by atoms with Crippen LogP contribution in [0.3, 0.4) is 0 Å². The molecule has 1 aromatic heterocycles. The molecule has 0 aliphatic carbocycles. The third-order valence-electron chi connectivity index (χ3n) is 6.84. The predicted molar refractivity (Wildman–Crippen MR) is 152 cm³/mol. The summed E-state index contributed by atoms with van der Waals surface area (Å²) in [5.74, 6) is 1.38. The minimum Gasteiger partial charge on any atom is -0.429 e. The van der Waals surface area contributed by atoms with Gasteiger partial charge in [0.05, 0.1) is 4.75 Å². The highest BCUT2D eigenvalue weighted by Crippen LogP contribution is 2.50. The first kappa shape index (κ1) is 27.7. The van der Waals surface area contributed by atoms with Gasteiger partial charge in [-0.3, -0.25) is 4.79 Å². The fourth-order valence-corrected chi connectivity index (χ4v) is 7.66. The van der Waals surface area contributed by atoms with Crippen molar-refractivity contribution < 1.29 is 28.6 Å². The van der Waals surface area contributed by atoms with Crippen LogP contribution in [0.4, 0.5) is 4.79 Å². The number of carbonyl (C=O) groups excluding carboxylic acids is 2. The Balaban J connectivity index is 1.19. The van der Waals surface area contributed by atoms with Crippen LogP contribution in [0.25, 0.3) is 10.4 Å². The number of rotatable bonds is 9. The van der Waals surface area contributed by atoms with Crippen LogP contribution in [0.15, 0.2) is 66.7 Å². The van der Waals surface area contributed by atoms with E-state index in [0.717, 1.165) is 53.9 Å². The van der Waals surface area contributed by atoms with E-state index in [2.05, 4.69) is 17.6 Å². The predicted octanol–water partition coefficient (Wildman–Crippen LogP) is 7.21. The highest BCUT2D eigenvalue weighted by atomic mass is 32.2. The molecule has 1 N–H and O–H groups in total. The maximum absolute atomic E-state index is 12.9. The number of carbonyl (C=O) groups is 2. The zero-order valence-electron chi connectivity index (χ0n) is 21.8. The molecule has 9 heteroatoms. The van der Waals surface area contributed by atoms with E-state index in [0.29, 0.717) is 18.8 Å². The van der Waals surface area contributed by atoms with E-state index in [4.69, 9.17) is 19.0 Å². The molecule has 2 aliphatic rings. The molecule has 3 aromatic rings. The molecule has 0 radical (unpaired) electrons. The lowest BCUT2D eigenvalue weighted by molar-refractivity contribution is -0.200. The molecule has 1 unspecified atom stereocenters. The maximum atomic E-state index is 12.9. The number of hydroxylamine groups is 1. The largest absolute Gasteiger partial charge is 0.514 e. The SMILES string of the molecule is O=C(C[C@]1(c2ccc(-c3ccc(COC(=O)Oc4ccccc4)cc3)s2)CCCCS1)NOC1CCCCO1. The second-order valence-electron chi connectivity index (χ2n) is 9.73. The van der Waals surface area contributed by atoms with Gasteiger partial charge < -0.3 is 14.2 Å². The molecular formula is C30H33NO6S2. The van der Waals surface area contributed by atoms with Crippen LogP contribution in [0.1, 0.15) is 55.4 Å². The number of amides is 1. The molecule has 7 nitrogen and oxygen atoms in total. The van der Waals surface area contributed by atoms with Crippen LogP contribution in [0, 0.1) is 0 Å². The Bertz CT molecular complexity index is 1220. The first-order valence-electron chi connectivity index (χ1n) is 13.4. The molecule has 2 saturated heterocycles. The highest BCUT2D eigenvalue weighted by Gasteiger charge is 2.38. The molecular weight excluding hydrogens is 534 g/mol. The van der Waals surface area contributed by atoms with E-state index in [1.54, 1.807) is 35.6 Å². The van der Waals surface area contributed by atoms with E-state index < -0.39 is 6.16 Å². The lowest BCUT2D eigenvalue weighted by Gasteiger charge is -2.35. The Hall–Kier alpha value is -2.85. The third-order valence-corrected chi connectivity index (χ3v) is 9.92. The van der Waals surface area contributed by atoms with Crippen LogP contribution >= 0.6 is 23.1 Å². The Labute approximate surface area is 237 Å². The van der Waals surface area contributed by atoms with Gasteiger partial charge in [-0.05, 0) is 66.8 Å². The summed E-state index contributed by atoms with van der Waals surface area (Å²) >= 11 is 3.61. The molecule has 5 rings (SSSR count). The highest BCUT2D eigenvalue weighted by molar-refractivity contribution is 8.00. The van der Waals surface area contributed by atoms with Crippen molar-refractivity contribution >= 4 is 35.2 Å². The van der Waals surface area contributed by atoms with Crippen molar-refractivity contribution in [3.05, 3.63) is 77.2 Å². The molecule has 2 atom stereocenters. The topological polar surface area (TPSA) is 83.1 Å². The zero-order chi connectivity index (χ0) is 26.9. The van der Waals surface area contributed by atoms with Crippen LogP contribution < -0.4 is 10.2 Å². The molecule has 3 heterocycles. The molecule has 2 aromatic carbocycles. The first-order valence-corrected chi connectivity index (χ1v) is 15.2. The van der Waals surface area contributed by atoms with Crippen molar-refractivity contribution in [3.8, 4) is 16.2 Å². The van der Waals surface area contributed by atoms with Gasteiger partial charge in [0, 0.05) is 29.2 Å². The van der Waals surface area contributed by atoms with Crippen LogP contribution in [-0.2, 0) is 30.5 Å². The van der Waals surface area contributed by atoms with Gasteiger partial charge in [-0.25, -0.2) is 15.1 Å². The Kier molecular flexibility index (Phi) is 9.58. The summed E-state index contributed by atoms with van der Waals surface area (Å²) < 4.78 is 15.7. The van der Waals surface area contributed by atoms with Gasteiger partial charge in [-0.15, -0.1) is 23.1 Å². The van der Waals surface area contributed by atoms with Gasteiger partial charge in [-0.2, -0.15) is 0 Å². The van der Waals surface area contributed by atoms with Crippen molar-refractivity contribution in [3.63, 3.8) is 0 Å². The smallest absolute Gasteiger partial charge is 0.429 e. The Morgan fingerprint density at radius 2 is 1.82 bits per heavy atom. The number of thioether (sulfide) groups is 1. The van der Waals surface area contributed by atoms with E-state index in [-0.39, 0.29) is 23.6 Å². The number of nitrogens with one attached hydrogen (secondary N) is 1. The van der Waals surface area contributed by atoms with Crippen molar-refractivity contribution in [1.82, 2.24) is 5.48 Å². The number of hydrogen-bond acceptors (Lipinski definition) is 8. The second kappa shape index (κ2) is 13.5. The van der Waals surface area contributed by atoms with E-state index in [1.165, 1.54) is 11.3 Å². The monoisotopic (exact) mass is 567 g/mol. The molecule has 2 fully saturated rings. The second-order valence-corrected chi connectivity index (χ2v) is 12.3. The summed E-state index contributed by atoms with van der Waals surface area (Å²) in [6.45, 7) is 0.803. The van der Waals surface area contributed by atoms with Crippen molar-refractivity contribution in [2.45, 2.75) is 62.6 Å². The molecule has 1 amide bonds. The fraction of sp³-hybridized carbons (Fsp3) is 0.400. The Morgan fingerprint density at radius 3 is 2.56 bits per heavy atom. The van der Waals surface area contributed by atoms with Crippen molar-refractivity contribution in [1.29, 1.82) is 0 Å². The van der Waals surface area contributed by atoms with Gasteiger partial charge in [0.2, 0.25) is 5.91 Å². The molecule has 206 valence electrons. The number of thiophene rings is 1. The van der Waals surface area contributed by atoms with Crippen LogP contribution in [-0.4, -0.2) is 30.7 Å². The number of ether oxygens (including phenoxy) is 3. The lowest BCUT2D eigenvalue weighted by Crippen LogP contribution is -2.37. The minimum absolute atomic E-state index is 0.108. The first-order chi connectivity index (χ1) is 19.1. The van der Waals surface area contributed by atoms with Crippen LogP contribution in [0.5, 0.6) is 5.75 Å². The number of hydrogen-bond donors (Lipinski definition) is 1. The summed E-state index contributed by atoms with van der Waals surface area (Å²) in [4.78, 5) is 32.8. The van der Waals surface area contributed by atoms with E-state index in [9.17, 15) is 9.59 Å².